The predicted octanol–water partition coefficient (Wildman–Crippen LogP) is 3.04. The lowest BCUT2D eigenvalue weighted by atomic mass is 10.2. The fourth-order valence-electron chi connectivity index (χ4n) is 2.47. The number of nitrogens with zero attached hydrogens (tertiary/aromatic N) is 2. The second kappa shape index (κ2) is 6.07. The number of hydrogen-bond donors (Lipinski definition) is 0. The second-order valence-corrected chi connectivity index (χ2v) is 8.11. The Morgan fingerprint density at radius 3 is 2.26 bits per heavy atom. The van der Waals surface area contributed by atoms with Crippen LogP contribution in [0.15, 0.2) is 64.0 Å². The zero-order chi connectivity index (χ0) is 16.6. The highest BCUT2D eigenvalue weighted by Gasteiger charge is 2.43. The number of halogens is 1. The molecule has 1 heterocycles. The van der Waals surface area contributed by atoms with E-state index in [0.29, 0.717) is 5.69 Å². The maximum atomic E-state index is 12.9. The van der Waals surface area contributed by atoms with E-state index in [-0.39, 0.29) is 17.3 Å². The van der Waals surface area contributed by atoms with Gasteiger partial charge in [-0.2, -0.15) is 0 Å². The highest BCUT2D eigenvalue weighted by Crippen LogP contribution is 2.31. The number of anilines is 1. The second-order valence-electron chi connectivity index (χ2n) is 5.35. The third-order valence-corrected chi connectivity index (χ3v) is 5.94. The number of hydrazine groups is 1. The molecule has 7 heteroatoms. The minimum atomic E-state index is -3.79. The molecule has 1 fully saturated rings. The zero-order valence-electron chi connectivity index (χ0n) is 12.4. The van der Waals surface area contributed by atoms with Gasteiger partial charge in [0.25, 0.3) is 10.0 Å². The third-order valence-electron chi connectivity index (χ3n) is 3.67. The topological polar surface area (TPSA) is 57.7 Å². The molecule has 0 bridgehead atoms. The molecule has 120 valence electrons. The van der Waals surface area contributed by atoms with Crippen molar-refractivity contribution in [3.8, 4) is 0 Å². The molecule has 1 unspecified atom stereocenters. The number of rotatable bonds is 3. The zero-order valence-corrected chi connectivity index (χ0v) is 14.8. The van der Waals surface area contributed by atoms with Gasteiger partial charge in [0.05, 0.1) is 16.5 Å². The smallest absolute Gasteiger partial charge is 0.260 e. The largest absolute Gasteiger partial charge is 0.273 e. The Hall–Kier alpha value is -1.70. The molecule has 0 spiro atoms. The van der Waals surface area contributed by atoms with Crippen molar-refractivity contribution in [1.29, 1.82) is 0 Å². The van der Waals surface area contributed by atoms with E-state index in [4.69, 9.17) is 0 Å². The molecule has 1 aliphatic rings. The molecule has 3 rings (SSSR count). The molecule has 2 aromatic rings. The quantitative estimate of drug-likeness (QED) is 0.803. The van der Waals surface area contributed by atoms with E-state index in [9.17, 15) is 13.2 Å². The highest BCUT2D eigenvalue weighted by atomic mass is 79.9. The lowest BCUT2D eigenvalue weighted by Gasteiger charge is -2.27. The van der Waals surface area contributed by atoms with Gasteiger partial charge in [-0.05, 0) is 36.4 Å². The van der Waals surface area contributed by atoms with Gasteiger partial charge >= 0.3 is 0 Å². The van der Waals surface area contributed by atoms with Crippen molar-refractivity contribution < 1.29 is 13.2 Å². The Bertz CT molecular complexity index is 822. The van der Waals surface area contributed by atoms with Gasteiger partial charge < -0.3 is 0 Å². The van der Waals surface area contributed by atoms with Crippen molar-refractivity contribution in [1.82, 2.24) is 4.41 Å². The molecule has 23 heavy (non-hydrogen) atoms. The van der Waals surface area contributed by atoms with E-state index < -0.39 is 15.9 Å². The van der Waals surface area contributed by atoms with Gasteiger partial charge in [0.1, 0.15) is 0 Å². The van der Waals surface area contributed by atoms with Crippen LogP contribution in [-0.2, 0) is 14.8 Å². The maximum Gasteiger partial charge on any atom is 0.260 e. The minimum Gasteiger partial charge on any atom is -0.273 e. The first kappa shape index (κ1) is 16.2. The van der Waals surface area contributed by atoms with Crippen LogP contribution in [0.25, 0.3) is 0 Å². The number of hydrogen-bond acceptors (Lipinski definition) is 3. The minimum absolute atomic E-state index is 0.131. The molecular weight excluding hydrogens is 380 g/mol. The molecule has 5 nitrogen and oxygen atoms in total. The molecule has 1 aliphatic heterocycles. The fraction of sp³-hybridized carbons (Fsp3) is 0.188. The molecule has 0 N–H and O–H groups in total. The normalized spacial score (nSPS) is 19.3. The number of benzene rings is 2. The van der Waals surface area contributed by atoms with E-state index in [0.717, 1.165) is 8.89 Å². The van der Waals surface area contributed by atoms with Crippen LogP contribution in [0.3, 0.4) is 0 Å². The van der Waals surface area contributed by atoms with E-state index in [1.807, 2.05) is 0 Å². The fourth-order valence-corrected chi connectivity index (χ4v) is 4.29. The summed E-state index contributed by atoms with van der Waals surface area (Å²) in [5, 5.41) is 1.25. The summed E-state index contributed by atoms with van der Waals surface area (Å²) >= 11 is 3.34. The molecule has 0 aliphatic carbocycles. The van der Waals surface area contributed by atoms with Gasteiger partial charge in [0.15, 0.2) is 0 Å². The highest BCUT2D eigenvalue weighted by molar-refractivity contribution is 9.10. The third kappa shape index (κ3) is 2.91. The van der Waals surface area contributed by atoms with Gasteiger partial charge in [-0.1, -0.05) is 41.1 Å². The van der Waals surface area contributed by atoms with Crippen molar-refractivity contribution in [3.63, 3.8) is 0 Å². The van der Waals surface area contributed by atoms with E-state index >= 15 is 0 Å². The molecule has 1 saturated heterocycles. The molecule has 2 aromatic carbocycles. The Labute approximate surface area is 143 Å². The average Bonchev–Trinajstić information content (AvgIpc) is 2.85. The summed E-state index contributed by atoms with van der Waals surface area (Å²) in [6.07, 6.45) is 0. The SMILES string of the molecule is CC1CN(S(=O)(=O)c2ccccc2)N(c2ccc(Br)cc2)C1=O. The molecule has 0 aromatic heterocycles. The van der Waals surface area contributed by atoms with Crippen molar-refractivity contribution in [2.75, 3.05) is 11.6 Å². The van der Waals surface area contributed by atoms with Gasteiger partial charge in [-0.25, -0.2) is 13.4 Å². The first-order chi connectivity index (χ1) is 10.9. The molecular formula is C16H15BrN2O3S. The Morgan fingerprint density at radius 2 is 1.65 bits per heavy atom. The average molecular weight is 395 g/mol. The van der Waals surface area contributed by atoms with Crippen molar-refractivity contribution >= 4 is 37.5 Å². The summed E-state index contributed by atoms with van der Waals surface area (Å²) in [5.41, 5.74) is 0.530. The Balaban J connectivity index is 2.06. The lowest BCUT2D eigenvalue weighted by molar-refractivity contribution is -0.120. The van der Waals surface area contributed by atoms with Crippen molar-refractivity contribution in [2.24, 2.45) is 5.92 Å². The first-order valence-electron chi connectivity index (χ1n) is 7.08. The molecule has 1 atom stereocenters. The summed E-state index contributed by atoms with van der Waals surface area (Å²) in [7, 11) is -3.79. The Morgan fingerprint density at radius 1 is 1.04 bits per heavy atom. The van der Waals surface area contributed by atoms with Crippen molar-refractivity contribution in [3.05, 3.63) is 59.1 Å². The van der Waals surface area contributed by atoms with Gasteiger partial charge in [0, 0.05) is 11.0 Å². The lowest BCUT2D eigenvalue weighted by Crippen LogP contribution is -2.43. The van der Waals surface area contributed by atoms with Gasteiger partial charge in [-0.3, -0.25) is 4.79 Å². The van der Waals surface area contributed by atoms with Gasteiger partial charge in [0.2, 0.25) is 5.91 Å². The van der Waals surface area contributed by atoms with Gasteiger partial charge in [-0.15, -0.1) is 4.41 Å². The number of sulfonamides is 1. The summed E-state index contributed by atoms with van der Waals surface area (Å²) in [6, 6.07) is 15.1. The van der Waals surface area contributed by atoms with Crippen LogP contribution in [0, 0.1) is 5.92 Å². The van der Waals surface area contributed by atoms with Crippen LogP contribution in [-0.4, -0.2) is 25.3 Å². The van der Waals surface area contributed by atoms with E-state index in [1.54, 1.807) is 49.4 Å². The monoisotopic (exact) mass is 394 g/mol. The Kier molecular flexibility index (Phi) is 4.27. The van der Waals surface area contributed by atoms with Crippen LogP contribution in [0.1, 0.15) is 6.92 Å². The first-order valence-corrected chi connectivity index (χ1v) is 9.32. The standard InChI is InChI=1S/C16H15BrN2O3S/c1-12-11-18(23(21,22)15-5-3-2-4-6-15)19(16(12)20)14-9-7-13(17)8-10-14/h2-10,12H,11H2,1H3. The summed E-state index contributed by atoms with van der Waals surface area (Å²) < 4.78 is 27.8. The number of carbonyl (C=O) groups is 1. The summed E-state index contributed by atoms with van der Waals surface area (Å²) in [4.78, 5) is 12.7. The van der Waals surface area contributed by atoms with Crippen LogP contribution in [0.2, 0.25) is 0 Å². The van der Waals surface area contributed by atoms with E-state index in [1.165, 1.54) is 17.1 Å². The number of carbonyl (C=O) groups excluding carboxylic acids is 1. The molecule has 0 radical (unpaired) electrons. The van der Waals surface area contributed by atoms with Crippen LogP contribution >= 0.6 is 15.9 Å². The summed E-state index contributed by atoms with van der Waals surface area (Å²) in [5.74, 6) is -0.621. The number of amides is 1. The summed E-state index contributed by atoms with van der Waals surface area (Å²) in [6.45, 7) is 1.86. The van der Waals surface area contributed by atoms with Crippen LogP contribution in [0.4, 0.5) is 5.69 Å². The van der Waals surface area contributed by atoms with Crippen LogP contribution < -0.4 is 5.01 Å². The van der Waals surface area contributed by atoms with Crippen molar-refractivity contribution in [2.45, 2.75) is 11.8 Å². The van der Waals surface area contributed by atoms with E-state index in [2.05, 4.69) is 15.9 Å². The molecule has 0 saturated carbocycles. The molecule has 1 amide bonds. The van der Waals surface area contributed by atoms with Crippen LogP contribution in [0.5, 0.6) is 0 Å². The maximum absolute atomic E-state index is 12.9. The predicted molar refractivity (Wildman–Crippen MR) is 91.1 cm³/mol.